The summed E-state index contributed by atoms with van der Waals surface area (Å²) in [6, 6.07) is 0.605. The van der Waals surface area contributed by atoms with Crippen molar-refractivity contribution in [3.8, 4) is 0 Å². The first-order valence-electron chi connectivity index (χ1n) is 7.01. The van der Waals surface area contributed by atoms with E-state index in [2.05, 4.69) is 10.3 Å². The fourth-order valence-electron chi connectivity index (χ4n) is 2.99. The molecule has 3 fully saturated rings. The average molecular weight is 365 g/mol. The van der Waals surface area contributed by atoms with Gasteiger partial charge in [-0.05, 0) is 31.1 Å². The van der Waals surface area contributed by atoms with Crippen molar-refractivity contribution in [2.75, 3.05) is 13.2 Å². The monoisotopic (exact) mass is 365 g/mol. The van der Waals surface area contributed by atoms with Crippen LogP contribution in [0.3, 0.4) is 0 Å². The van der Waals surface area contributed by atoms with Crippen LogP contribution in [-0.4, -0.2) is 31.3 Å². The van der Waals surface area contributed by atoms with Gasteiger partial charge in [0.05, 0.1) is 12.6 Å². The van der Waals surface area contributed by atoms with Crippen LogP contribution in [0.4, 0.5) is 0 Å². The number of halogens is 1. The van der Waals surface area contributed by atoms with Crippen LogP contribution in [0.25, 0.3) is 0 Å². The van der Waals surface area contributed by atoms with Crippen molar-refractivity contribution >= 4 is 29.9 Å². The van der Waals surface area contributed by atoms with Crippen LogP contribution in [0.15, 0.2) is 4.99 Å². The molecule has 0 radical (unpaired) electrons. The lowest BCUT2D eigenvalue weighted by molar-refractivity contribution is 0.117. The van der Waals surface area contributed by atoms with Gasteiger partial charge in [-0.2, -0.15) is 0 Å². The number of nitrogens with one attached hydrogen (secondary N) is 1. The van der Waals surface area contributed by atoms with Gasteiger partial charge in [0, 0.05) is 12.6 Å². The highest BCUT2D eigenvalue weighted by Gasteiger charge is 2.45. The molecule has 4 nitrogen and oxygen atoms in total. The molecule has 18 heavy (non-hydrogen) atoms. The number of aliphatic imine (C=N–C) groups is 1. The summed E-state index contributed by atoms with van der Waals surface area (Å²) < 4.78 is 5.52. The van der Waals surface area contributed by atoms with E-state index >= 15 is 0 Å². The number of guanidine groups is 1. The van der Waals surface area contributed by atoms with Crippen molar-refractivity contribution in [3.63, 3.8) is 0 Å². The number of hydrogen-bond donors (Lipinski definition) is 2. The molecule has 1 heterocycles. The minimum atomic E-state index is 0. The minimum Gasteiger partial charge on any atom is -0.376 e. The lowest BCUT2D eigenvalue weighted by atomic mass is 9.81. The summed E-state index contributed by atoms with van der Waals surface area (Å²) in [5.74, 6) is 2.46. The predicted molar refractivity (Wildman–Crippen MR) is 83.3 cm³/mol. The standard InChI is InChI=1S/C13H23N3O.HI/c14-13(15-8-10-5-2-6-17-10)16-12-7-11(12)9-3-1-4-9;/h9-12H,1-8H2,(H3,14,15,16);1H/t10?,11-,12+;/m0./s1. The lowest BCUT2D eigenvalue weighted by Crippen LogP contribution is -2.36. The molecular formula is C13H24IN3O. The van der Waals surface area contributed by atoms with Gasteiger partial charge >= 0.3 is 0 Å². The van der Waals surface area contributed by atoms with Gasteiger partial charge in [-0.15, -0.1) is 24.0 Å². The number of nitrogens with two attached hydrogens (primary N) is 1. The summed E-state index contributed by atoms with van der Waals surface area (Å²) >= 11 is 0. The molecule has 0 aromatic carbocycles. The van der Waals surface area contributed by atoms with Crippen molar-refractivity contribution in [2.24, 2.45) is 22.6 Å². The van der Waals surface area contributed by atoms with Gasteiger partial charge in [-0.25, -0.2) is 0 Å². The normalized spacial score (nSPS) is 35.8. The summed E-state index contributed by atoms with van der Waals surface area (Å²) in [6.45, 7) is 1.61. The molecule has 5 heteroatoms. The van der Waals surface area contributed by atoms with E-state index in [9.17, 15) is 0 Å². The molecule has 1 aliphatic heterocycles. The smallest absolute Gasteiger partial charge is 0.188 e. The molecule has 0 bridgehead atoms. The molecule has 0 aromatic rings. The lowest BCUT2D eigenvalue weighted by Gasteiger charge is -2.25. The van der Waals surface area contributed by atoms with E-state index in [1.54, 1.807) is 0 Å². The summed E-state index contributed by atoms with van der Waals surface area (Å²) in [4.78, 5) is 4.38. The highest BCUT2D eigenvalue weighted by atomic mass is 127. The highest BCUT2D eigenvalue weighted by Crippen LogP contribution is 2.46. The molecule has 2 saturated carbocycles. The quantitative estimate of drug-likeness (QED) is 0.454. The van der Waals surface area contributed by atoms with Crippen LogP contribution in [0.2, 0.25) is 0 Å². The Morgan fingerprint density at radius 1 is 1.28 bits per heavy atom. The Balaban J connectivity index is 0.00000120. The van der Waals surface area contributed by atoms with Crippen molar-refractivity contribution in [1.82, 2.24) is 5.32 Å². The summed E-state index contributed by atoms with van der Waals surface area (Å²) in [5, 5.41) is 3.35. The average Bonchev–Trinajstić information content (AvgIpc) is 2.80. The molecule has 3 N–H and O–H groups in total. The molecule has 1 saturated heterocycles. The van der Waals surface area contributed by atoms with Crippen molar-refractivity contribution in [3.05, 3.63) is 0 Å². The van der Waals surface area contributed by atoms with E-state index < -0.39 is 0 Å². The predicted octanol–water partition coefficient (Wildman–Crippen LogP) is 1.88. The van der Waals surface area contributed by atoms with Crippen LogP contribution >= 0.6 is 24.0 Å². The van der Waals surface area contributed by atoms with Gasteiger partial charge in [-0.3, -0.25) is 4.99 Å². The third-order valence-electron chi connectivity index (χ3n) is 4.42. The Labute approximate surface area is 126 Å². The maximum absolute atomic E-state index is 5.90. The van der Waals surface area contributed by atoms with E-state index in [0.29, 0.717) is 18.1 Å². The molecule has 3 rings (SSSR count). The molecule has 3 aliphatic rings. The second-order valence-corrected chi connectivity index (χ2v) is 5.70. The van der Waals surface area contributed by atoms with Crippen molar-refractivity contribution in [2.45, 2.75) is 50.7 Å². The van der Waals surface area contributed by atoms with Crippen molar-refractivity contribution in [1.29, 1.82) is 0 Å². The van der Waals surface area contributed by atoms with Gasteiger partial charge in [-0.1, -0.05) is 19.3 Å². The summed E-state index contributed by atoms with van der Waals surface area (Å²) in [7, 11) is 0. The fourth-order valence-corrected chi connectivity index (χ4v) is 2.99. The first kappa shape index (κ1) is 14.4. The SMILES string of the molecule is I.NC(=NCC1CCCO1)N[C@@H]1C[C@H]1C1CCC1. The Morgan fingerprint density at radius 3 is 2.72 bits per heavy atom. The Kier molecular flexibility index (Phi) is 5.12. The largest absolute Gasteiger partial charge is 0.376 e. The Hall–Kier alpha value is -0.0400. The maximum atomic E-state index is 5.90. The molecular weight excluding hydrogens is 341 g/mol. The zero-order chi connectivity index (χ0) is 11.7. The third-order valence-corrected chi connectivity index (χ3v) is 4.42. The number of hydrogen-bond acceptors (Lipinski definition) is 2. The second kappa shape index (κ2) is 6.41. The van der Waals surface area contributed by atoms with Crippen LogP contribution in [0.5, 0.6) is 0 Å². The van der Waals surface area contributed by atoms with E-state index in [1.165, 1.54) is 32.1 Å². The third kappa shape index (κ3) is 3.50. The molecule has 0 amide bonds. The topological polar surface area (TPSA) is 59.6 Å². The maximum Gasteiger partial charge on any atom is 0.188 e. The minimum absolute atomic E-state index is 0. The van der Waals surface area contributed by atoms with Gasteiger partial charge in [0.15, 0.2) is 5.96 Å². The first-order chi connectivity index (χ1) is 8.33. The highest BCUT2D eigenvalue weighted by molar-refractivity contribution is 14.0. The first-order valence-corrected chi connectivity index (χ1v) is 7.01. The van der Waals surface area contributed by atoms with E-state index in [0.717, 1.165) is 31.4 Å². The number of ether oxygens (including phenoxy) is 1. The number of rotatable bonds is 4. The number of nitrogens with zero attached hydrogens (tertiary/aromatic N) is 1. The second-order valence-electron chi connectivity index (χ2n) is 5.70. The molecule has 104 valence electrons. The Bertz CT molecular complexity index is 301. The zero-order valence-corrected chi connectivity index (χ0v) is 13.1. The summed E-state index contributed by atoms with van der Waals surface area (Å²) in [6.07, 6.45) is 8.17. The zero-order valence-electron chi connectivity index (χ0n) is 10.8. The van der Waals surface area contributed by atoms with Crippen LogP contribution in [-0.2, 0) is 4.74 Å². The van der Waals surface area contributed by atoms with Crippen LogP contribution in [0.1, 0.15) is 38.5 Å². The van der Waals surface area contributed by atoms with E-state index in [-0.39, 0.29) is 24.0 Å². The van der Waals surface area contributed by atoms with Crippen LogP contribution < -0.4 is 11.1 Å². The van der Waals surface area contributed by atoms with Gasteiger partial charge in [0.25, 0.3) is 0 Å². The Morgan fingerprint density at radius 2 is 2.11 bits per heavy atom. The van der Waals surface area contributed by atoms with E-state index in [4.69, 9.17) is 10.5 Å². The molecule has 0 aromatic heterocycles. The fraction of sp³-hybridized carbons (Fsp3) is 0.923. The van der Waals surface area contributed by atoms with E-state index in [1.807, 2.05) is 0 Å². The van der Waals surface area contributed by atoms with Crippen LogP contribution in [0, 0.1) is 11.8 Å². The van der Waals surface area contributed by atoms with Gasteiger partial charge in [0.2, 0.25) is 0 Å². The van der Waals surface area contributed by atoms with Gasteiger partial charge in [0.1, 0.15) is 0 Å². The molecule has 3 atom stereocenters. The summed E-state index contributed by atoms with van der Waals surface area (Å²) in [5.41, 5.74) is 5.90. The molecule has 1 unspecified atom stereocenters. The molecule has 0 spiro atoms. The van der Waals surface area contributed by atoms with Crippen molar-refractivity contribution < 1.29 is 4.74 Å². The van der Waals surface area contributed by atoms with Gasteiger partial charge < -0.3 is 15.8 Å². The molecule has 2 aliphatic carbocycles.